The van der Waals surface area contributed by atoms with Gasteiger partial charge < -0.3 is 26.2 Å². The van der Waals surface area contributed by atoms with Gasteiger partial charge in [0.15, 0.2) is 0 Å². The highest BCUT2D eigenvalue weighted by Gasteiger charge is 2.12. The second kappa shape index (κ2) is 13.4. The molecule has 0 saturated heterocycles. The number of nitrogens with zero attached hydrogens (tertiary/aromatic N) is 2. The molecular weight excluding hydrogens is 374 g/mol. The predicted octanol–water partition coefficient (Wildman–Crippen LogP) is 0.823. The molecule has 0 bridgehead atoms. The van der Waals surface area contributed by atoms with Gasteiger partial charge in [0.1, 0.15) is 6.04 Å². The van der Waals surface area contributed by atoms with Crippen molar-refractivity contribution in [3.05, 3.63) is 60.2 Å². The Labute approximate surface area is 159 Å². The summed E-state index contributed by atoms with van der Waals surface area (Å²) in [6.07, 6.45) is 5.46. The molecule has 2 heterocycles. The lowest BCUT2D eigenvalue weighted by Gasteiger charge is -2.01. The molecule has 2 aromatic rings. The van der Waals surface area contributed by atoms with E-state index >= 15 is 0 Å². The number of pyridine rings is 2. The molecule has 11 nitrogen and oxygen atoms in total. The van der Waals surface area contributed by atoms with Crippen molar-refractivity contribution in [3.63, 3.8) is 0 Å². The molecule has 2 aromatic heterocycles. The summed E-state index contributed by atoms with van der Waals surface area (Å²) in [5, 5.41) is 33.0. The molecule has 0 unspecified atom stereocenters. The molecule has 0 aromatic carbocycles. The number of aliphatic carboxylic acids is 2. The van der Waals surface area contributed by atoms with E-state index < -0.39 is 29.9 Å². The first-order chi connectivity index (χ1) is 13.1. The van der Waals surface area contributed by atoms with Crippen LogP contribution in [-0.4, -0.2) is 60.3 Å². The van der Waals surface area contributed by atoms with Gasteiger partial charge >= 0.3 is 23.9 Å². The largest absolute Gasteiger partial charge is 0.481 e. The Hall–Kier alpha value is -3.86. The molecule has 0 amide bonds. The fourth-order valence-corrected chi connectivity index (χ4v) is 1.38. The number of aromatic nitrogens is 2. The van der Waals surface area contributed by atoms with Crippen LogP contribution < -0.4 is 5.73 Å². The number of hydrogen-bond acceptors (Lipinski definition) is 7. The Morgan fingerprint density at radius 1 is 0.857 bits per heavy atom. The molecular formula is C17H19N3O8. The van der Waals surface area contributed by atoms with Gasteiger partial charge in [0.2, 0.25) is 0 Å². The third kappa shape index (κ3) is 11.7. The maximum atomic E-state index is 10.2. The third-order valence-corrected chi connectivity index (χ3v) is 2.80. The van der Waals surface area contributed by atoms with Crippen LogP contribution in [0.2, 0.25) is 0 Å². The lowest BCUT2D eigenvalue weighted by molar-refractivity contribution is -0.139. The Balaban J connectivity index is 0.000000391. The van der Waals surface area contributed by atoms with Crippen LogP contribution in [0.1, 0.15) is 33.6 Å². The van der Waals surface area contributed by atoms with Crippen LogP contribution in [0.5, 0.6) is 0 Å². The van der Waals surface area contributed by atoms with E-state index in [0.29, 0.717) is 0 Å². The van der Waals surface area contributed by atoms with Gasteiger partial charge in [-0.25, -0.2) is 9.59 Å². The standard InChI is InChI=1S/2C6H5NO2.C5H9NO4/c2*8-6(9)5-2-1-3-7-4-5;6-3(5(9)10)1-2-4(7)8/h2*1-4H,(H,8,9);3H,1-2,6H2,(H,7,8)(H,9,10)/t;;3-/m..0/s1. The van der Waals surface area contributed by atoms with Gasteiger partial charge in [-0.05, 0) is 30.7 Å². The Kier molecular flexibility index (Phi) is 11.5. The summed E-state index contributed by atoms with van der Waals surface area (Å²) in [6, 6.07) is 5.11. The van der Waals surface area contributed by atoms with Gasteiger partial charge in [0, 0.05) is 31.2 Å². The lowest BCUT2D eigenvalue weighted by atomic mass is 10.2. The predicted molar refractivity (Wildman–Crippen MR) is 94.9 cm³/mol. The van der Waals surface area contributed by atoms with E-state index in [-0.39, 0.29) is 24.0 Å². The van der Waals surface area contributed by atoms with E-state index in [4.69, 9.17) is 26.2 Å². The van der Waals surface area contributed by atoms with Crippen LogP contribution in [0.15, 0.2) is 49.1 Å². The minimum Gasteiger partial charge on any atom is -0.481 e. The zero-order valence-electron chi connectivity index (χ0n) is 14.5. The van der Waals surface area contributed by atoms with Crippen molar-refractivity contribution in [2.45, 2.75) is 18.9 Å². The number of carbonyl (C=O) groups is 4. The number of hydrogen-bond donors (Lipinski definition) is 5. The molecule has 0 radical (unpaired) electrons. The van der Waals surface area contributed by atoms with Crippen molar-refractivity contribution in [1.29, 1.82) is 0 Å². The molecule has 0 aliphatic carbocycles. The number of nitrogens with two attached hydrogens (primary N) is 1. The van der Waals surface area contributed by atoms with Crippen molar-refractivity contribution >= 4 is 23.9 Å². The van der Waals surface area contributed by atoms with Crippen LogP contribution in [-0.2, 0) is 9.59 Å². The van der Waals surface area contributed by atoms with Crippen LogP contribution >= 0.6 is 0 Å². The summed E-state index contributed by atoms with van der Waals surface area (Å²) in [5.41, 5.74) is 5.44. The van der Waals surface area contributed by atoms with Gasteiger partial charge in [-0.2, -0.15) is 0 Å². The minimum atomic E-state index is -1.17. The van der Waals surface area contributed by atoms with Crippen LogP contribution in [0.25, 0.3) is 0 Å². The fraction of sp³-hybridized carbons (Fsp3) is 0.176. The number of rotatable bonds is 6. The summed E-state index contributed by atoms with van der Waals surface area (Å²) >= 11 is 0. The van der Waals surface area contributed by atoms with E-state index in [1.54, 1.807) is 12.1 Å². The molecule has 28 heavy (non-hydrogen) atoms. The first-order valence-corrected chi connectivity index (χ1v) is 7.62. The van der Waals surface area contributed by atoms with Gasteiger partial charge in [0.05, 0.1) is 11.1 Å². The Morgan fingerprint density at radius 2 is 1.29 bits per heavy atom. The highest BCUT2D eigenvalue weighted by Crippen LogP contribution is 1.94. The van der Waals surface area contributed by atoms with Crippen LogP contribution in [0.4, 0.5) is 0 Å². The number of carboxylic acid groups (broad SMARTS) is 4. The Morgan fingerprint density at radius 3 is 1.50 bits per heavy atom. The number of carboxylic acids is 4. The van der Waals surface area contributed by atoms with Crippen molar-refractivity contribution < 1.29 is 39.6 Å². The smallest absolute Gasteiger partial charge is 0.337 e. The zero-order valence-corrected chi connectivity index (χ0v) is 14.5. The van der Waals surface area contributed by atoms with Gasteiger partial charge in [-0.1, -0.05) is 0 Å². The molecule has 6 N–H and O–H groups in total. The summed E-state index contributed by atoms with van der Waals surface area (Å²) in [7, 11) is 0. The molecule has 0 aliphatic rings. The van der Waals surface area contributed by atoms with Gasteiger partial charge in [-0.3, -0.25) is 19.6 Å². The van der Waals surface area contributed by atoms with E-state index in [0.717, 1.165) is 0 Å². The third-order valence-electron chi connectivity index (χ3n) is 2.80. The van der Waals surface area contributed by atoms with Crippen LogP contribution in [0.3, 0.4) is 0 Å². The topological polar surface area (TPSA) is 201 Å². The molecule has 150 valence electrons. The molecule has 0 spiro atoms. The van der Waals surface area contributed by atoms with Crippen LogP contribution in [0, 0.1) is 0 Å². The van der Waals surface area contributed by atoms with Crippen molar-refractivity contribution in [2.75, 3.05) is 0 Å². The van der Waals surface area contributed by atoms with E-state index in [9.17, 15) is 19.2 Å². The zero-order chi connectivity index (χ0) is 21.5. The molecule has 0 saturated carbocycles. The maximum Gasteiger partial charge on any atom is 0.337 e. The first kappa shape index (κ1) is 24.1. The summed E-state index contributed by atoms with van der Waals surface area (Å²) in [5.74, 6) is -4.08. The quantitative estimate of drug-likeness (QED) is 0.465. The Bertz CT molecular complexity index is 719. The van der Waals surface area contributed by atoms with E-state index in [2.05, 4.69) is 9.97 Å². The van der Waals surface area contributed by atoms with E-state index in [1.165, 1.54) is 36.9 Å². The van der Waals surface area contributed by atoms with Crippen molar-refractivity contribution in [3.8, 4) is 0 Å². The average Bonchev–Trinajstić information content (AvgIpc) is 2.68. The highest BCUT2D eigenvalue weighted by molar-refractivity contribution is 5.87. The monoisotopic (exact) mass is 393 g/mol. The van der Waals surface area contributed by atoms with Crippen molar-refractivity contribution in [1.82, 2.24) is 9.97 Å². The number of aromatic carboxylic acids is 2. The highest BCUT2D eigenvalue weighted by atomic mass is 16.4. The maximum absolute atomic E-state index is 10.2. The molecule has 2 rings (SSSR count). The lowest BCUT2D eigenvalue weighted by Crippen LogP contribution is -2.30. The molecule has 0 aliphatic heterocycles. The second-order valence-corrected chi connectivity index (χ2v) is 4.97. The summed E-state index contributed by atoms with van der Waals surface area (Å²) in [4.78, 5) is 47.4. The SMILES string of the molecule is N[C@@H](CCC(=O)O)C(=O)O.O=C(O)c1cccnc1.O=C(O)c1cccnc1. The van der Waals surface area contributed by atoms with E-state index in [1.807, 2.05) is 0 Å². The second-order valence-electron chi connectivity index (χ2n) is 4.97. The fourth-order valence-electron chi connectivity index (χ4n) is 1.38. The van der Waals surface area contributed by atoms with Crippen molar-refractivity contribution in [2.24, 2.45) is 5.73 Å². The normalized spacial score (nSPS) is 10.2. The minimum absolute atomic E-state index is 0.0231. The first-order valence-electron chi connectivity index (χ1n) is 7.62. The summed E-state index contributed by atoms with van der Waals surface area (Å²) < 4.78 is 0. The molecule has 0 fully saturated rings. The summed E-state index contributed by atoms with van der Waals surface area (Å²) in [6.45, 7) is 0. The van der Waals surface area contributed by atoms with Gasteiger partial charge in [-0.15, -0.1) is 0 Å². The average molecular weight is 393 g/mol. The molecule has 11 heteroatoms. The molecule has 1 atom stereocenters. The van der Waals surface area contributed by atoms with Gasteiger partial charge in [0.25, 0.3) is 0 Å².